The minimum atomic E-state index is -0.633. The summed E-state index contributed by atoms with van der Waals surface area (Å²) in [7, 11) is 0. The molecule has 0 saturated heterocycles. The van der Waals surface area contributed by atoms with Crippen molar-refractivity contribution in [1.82, 2.24) is 4.98 Å². The van der Waals surface area contributed by atoms with Gasteiger partial charge in [0.2, 0.25) is 0 Å². The van der Waals surface area contributed by atoms with Crippen LogP contribution in [0.5, 0.6) is 5.75 Å². The highest BCUT2D eigenvalue weighted by atomic mass is 16.5. The standard InChI is InChI=1S/C17H14N2O/c1-17(2,11-10-15-5-3-4-12-19-15)20-16-8-6-14(13-18)7-9-16/h3-9,12H,1-2H3. The minimum Gasteiger partial charge on any atom is -0.475 e. The fourth-order valence-electron chi connectivity index (χ4n) is 1.57. The monoisotopic (exact) mass is 262 g/mol. The normalized spacial score (nSPS) is 10.1. The third kappa shape index (κ3) is 3.86. The van der Waals surface area contributed by atoms with Crippen LogP contribution in [0.1, 0.15) is 25.1 Å². The zero-order chi connectivity index (χ0) is 14.4. The van der Waals surface area contributed by atoms with Gasteiger partial charge in [0.15, 0.2) is 5.60 Å². The lowest BCUT2D eigenvalue weighted by Crippen LogP contribution is -2.25. The molecular weight excluding hydrogens is 248 g/mol. The van der Waals surface area contributed by atoms with E-state index in [2.05, 4.69) is 22.9 Å². The number of benzene rings is 1. The van der Waals surface area contributed by atoms with E-state index in [0.29, 0.717) is 17.0 Å². The summed E-state index contributed by atoms with van der Waals surface area (Å²) in [6.45, 7) is 3.78. The number of hydrogen-bond donors (Lipinski definition) is 0. The van der Waals surface area contributed by atoms with Crippen molar-refractivity contribution in [3.8, 4) is 23.7 Å². The van der Waals surface area contributed by atoms with Gasteiger partial charge in [0.05, 0.1) is 11.6 Å². The SMILES string of the molecule is CC(C)(C#Cc1ccccn1)Oc1ccc(C#N)cc1. The van der Waals surface area contributed by atoms with Crippen molar-refractivity contribution >= 4 is 0 Å². The molecule has 0 saturated carbocycles. The van der Waals surface area contributed by atoms with Crippen LogP contribution < -0.4 is 4.74 Å². The van der Waals surface area contributed by atoms with Gasteiger partial charge in [-0.25, -0.2) is 4.98 Å². The maximum atomic E-state index is 8.75. The van der Waals surface area contributed by atoms with Crippen molar-refractivity contribution < 1.29 is 4.74 Å². The van der Waals surface area contributed by atoms with Crippen molar-refractivity contribution in [2.75, 3.05) is 0 Å². The highest BCUT2D eigenvalue weighted by Crippen LogP contribution is 2.18. The number of nitrogens with zero attached hydrogens (tertiary/aromatic N) is 2. The number of nitriles is 1. The van der Waals surface area contributed by atoms with E-state index < -0.39 is 5.60 Å². The Labute approximate surface area is 118 Å². The number of hydrogen-bond acceptors (Lipinski definition) is 3. The molecule has 2 aromatic rings. The summed E-state index contributed by atoms with van der Waals surface area (Å²) in [5, 5.41) is 8.75. The van der Waals surface area contributed by atoms with Gasteiger partial charge in [-0.1, -0.05) is 6.07 Å². The summed E-state index contributed by atoms with van der Waals surface area (Å²) >= 11 is 0. The van der Waals surface area contributed by atoms with E-state index in [9.17, 15) is 0 Å². The van der Waals surface area contributed by atoms with Gasteiger partial charge < -0.3 is 4.74 Å². The Hall–Kier alpha value is -2.78. The minimum absolute atomic E-state index is 0.606. The van der Waals surface area contributed by atoms with Crippen LogP contribution in [-0.4, -0.2) is 10.6 Å². The van der Waals surface area contributed by atoms with Gasteiger partial charge in [-0.05, 0) is 62.1 Å². The molecule has 3 heteroatoms. The average Bonchev–Trinajstić information content (AvgIpc) is 2.47. The predicted molar refractivity (Wildman–Crippen MR) is 77.0 cm³/mol. The van der Waals surface area contributed by atoms with Crippen LogP contribution in [-0.2, 0) is 0 Å². The van der Waals surface area contributed by atoms with Gasteiger partial charge >= 0.3 is 0 Å². The van der Waals surface area contributed by atoms with Crippen LogP contribution in [0.2, 0.25) is 0 Å². The third-order valence-corrected chi connectivity index (χ3v) is 2.51. The first kappa shape index (κ1) is 13.6. The molecule has 98 valence electrons. The van der Waals surface area contributed by atoms with Crippen LogP contribution in [0.15, 0.2) is 48.7 Å². The lowest BCUT2D eigenvalue weighted by molar-refractivity contribution is 0.172. The Bertz CT molecular complexity index is 671. The lowest BCUT2D eigenvalue weighted by Gasteiger charge is -2.20. The molecule has 20 heavy (non-hydrogen) atoms. The van der Waals surface area contributed by atoms with E-state index in [1.807, 2.05) is 32.0 Å². The first-order valence-corrected chi connectivity index (χ1v) is 6.22. The molecule has 0 unspecified atom stereocenters. The van der Waals surface area contributed by atoms with Gasteiger partial charge in [0.1, 0.15) is 11.4 Å². The van der Waals surface area contributed by atoms with E-state index in [1.165, 1.54) is 0 Å². The van der Waals surface area contributed by atoms with Crippen LogP contribution in [0.4, 0.5) is 0 Å². The number of ether oxygens (including phenoxy) is 1. The van der Waals surface area contributed by atoms with E-state index in [-0.39, 0.29) is 0 Å². The van der Waals surface area contributed by atoms with Crippen LogP contribution in [0.3, 0.4) is 0 Å². The molecule has 0 bridgehead atoms. The van der Waals surface area contributed by atoms with Crippen LogP contribution in [0.25, 0.3) is 0 Å². The average molecular weight is 262 g/mol. The van der Waals surface area contributed by atoms with Gasteiger partial charge in [-0.15, -0.1) is 0 Å². The Balaban J connectivity index is 2.11. The van der Waals surface area contributed by atoms with Gasteiger partial charge in [0.25, 0.3) is 0 Å². The fourth-order valence-corrected chi connectivity index (χ4v) is 1.57. The van der Waals surface area contributed by atoms with E-state index in [4.69, 9.17) is 10.00 Å². The van der Waals surface area contributed by atoms with Crippen molar-refractivity contribution in [2.24, 2.45) is 0 Å². The summed E-state index contributed by atoms with van der Waals surface area (Å²) in [6, 6.07) is 14.6. The Kier molecular flexibility index (Phi) is 4.03. The molecule has 2 rings (SSSR count). The second-order valence-corrected chi connectivity index (χ2v) is 4.71. The summed E-state index contributed by atoms with van der Waals surface area (Å²) in [4.78, 5) is 4.15. The fraction of sp³-hybridized carbons (Fsp3) is 0.176. The molecule has 1 heterocycles. The molecule has 1 aromatic carbocycles. The molecular formula is C17H14N2O. The molecule has 0 fully saturated rings. The Morgan fingerprint density at radius 1 is 1.10 bits per heavy atom. The Morgan fingerprint density at radius 3 is 2.45 bits per heavy atom. The molecule has 0 aliphatic rings. The quantitative estimate of drug-likeness (QED) is 0.781. The van der Waals surface area contributed by atoms with Gasteiger partial charge in [-0.3, -0.25) is 0 Å². The first-order chi connectivity index (χ1) is 9.59. The summed E-state index contributed by atoms with van der Waals surface area (Å²) in [5.41, 5.74) is 0.685. The Morgan fingerprint density at radius 2 is 1.85 bits per heavy atom. The molecule has 1 aromatic heterocycles. The molecule has 0 aliphatic carbocycles. The van der Waals surface area contributed by atoms with Crippen molar-refractivity contribution in [2.45, 2.75) is 19.4 Å². The smallest absolute Gasteiger partial charge is 0.164 e. The van der Waals surface area contributed by atoms with E-state index >= 15 is 0 Å². The second kappa shape index (κ2) is 5.91. The van der Waals surface area contributed by atoms with E-state index in [0.717, 1.165) is 0 Å². The molecule has 0 radical (unpaired) electrons. The molecule has 3 nitrogen and oxygen atoms in total. The van der Waals surface area contributed by atoms with Crippen molar-refractivity contribution in [3.63, 3.8) is 0 Å². The number of pyridine rings is 1. The van der Waals surface area contributed by atoms with Gasteiger partial charge in [0, 0.05) is 6.20 Å². The molecule has 0 aliphatic heterocycles. The maximum absolute atomic E-state index is 8.75. The largest absolute Gasteiger partial charge is 0.475 e. The highest BCUT2D eigenvalue weighted by Gasteiger charge is 2.16. The summed E-state index contributed by atoms with van der Waals surface area (Å²) in [5.74, 6) is 6.73. The molecule has 0 amide bonds. The molecule has 0 spiro atoms. The van der Waals surface area contributed by atoms with Crippen LogP contribution >= 0.6 is 0 Å². The van der Waals surface area contributed by atoms with Crippen molar-refractivity contribution in [3.05, 3.63) is 59.9 Å². The first-order valence-electron chi connectivity index (χ1n) is 6.22. The van der Waals surface area contributed by atoms with Crippen LogP contribution in [0, 0.1) is 23.2 Å². The summed E-state index contributed by atoms with van der Waals surface area (Å²) < 4.78 is 5.81. The zero-order valence-corrected chi connectivity index (χ0v) is 11.4. The molecule has 0 atom stereocenters. The van der Waals surface area contributed by atoms with Crippen molar-refractivity contribution in [1.29, 1.82) is 5.26 Å². The topological polar surface area (TPSA) is 45.9 Å². The number of aromatic nitrogens is 1. The predicted octanol–water partition coefficient (Wildman–Crippen LogP) is 3.16. The highest BCUT2D eigenvalue weighted by molar-refractivity contribution is 5.36. The van der Waals surface area contributed by atoms with E-state index in [1.54, 1.807) is 30.5 Å². The second-order valence-electron chi connectivity index (χ2n) is 4.71. The zero-order valence-electron chi connectivity index (χ0n) is 11.4. The lowest BCUT2D eigenvalue weighted by atomic mass is 10.1. The number of rotatable bonds is 2. The third-order valence-electron chi connectivity index (χ3n) is 2.51. The maximum Gasteiger partial charge on any atom is 0.164 e. The summed E-state index contributed by atoms with van der Waals surface area (Å²) in [6.07, 6.45) is 1.71. The molecule has 0 N–H and O–H groups in total. The van der Waals surface area contributed by atoms with Gasteiger partial charge in [-0.2, -0.15) is 5.26 Å².